The van der Waals surface area contributed by atoms with Crippen molar-refractivity contribution in [3.8, 4) is 62.1 Å². The van der Waals surface area contributed by atoms with Crippen LogP contribution in [-0.2, 0) is 0 Å². The Morgan fingerprint density at radius 1 is 0.321 bits per heavy atom. The number of hydrogen-bond acceptors (Lipinski definition) is 4. The minimum atomic E-state index is 0.629. The summed E-state index contributed by atoms with van der Waals surface area (Å²) in [4.78, 5) is 17.4. The molecular weight excluding hydrogens is 683 g/mol. The maximum atomic E-state index is 5.01. The van der Waals surface area contributed by atoms with Crippen molar-refractivity contribution in [2.24, 2.45) is 0 Å². The number of aromatic nitrogens is 4. The van der Waals surface area contributed by atoms with Crippen LogP contribution in [0.5, 0.6) is 0 Å². The molecule has 5 nitrogen and oxygen atoms in total. The van der Waals surface area contributed by atoms with E-state index in [0.717, 1.165) is 50.5 Å². The Bertz CT molecular complexity index is 3010. The lowest BCUT2D eigenvalue weighted by Gasteiger charge is -2.28. The monoisotopic (exact) mass is 715 g/mol. The highest BCUT2D eigenvalue weighted by atomic mass is 15.2. The van der Waals surface area contributed by atoms with Gasteiger partial charge in [0.15, 0.2) is 17.5 Å². The number of fused-ring (bicyclic) bond motifs is 9. The Balaban J connectivity index is 1.16. The van der Waals surface area contributed by atoms with Crippen molar-refractivity contribution in [1.29, 1.82) is 0 Å². The number of hydrogen-bond donors (Lipinski definition) is 0. The Labute approximate surface area is 324 Å². The van der Waals surface area contributed by atoms with Crippen LogP contribution in [0.15, 0.2) is 200 Å². The summed E-state index contributed by atoms with van der Waals surface area (Å²) in [5.74, 6) is 1.92. The van der Waals surface area contributed by atoms with Gasteiger partial charge in [0.2, 0.25) is 0 Å². The van der Waals surface area contributed by atoms with Gasteiger partial charge in [0.1, 0.15) is 0 Å². The van der Waals surface area contributed by atoms with Gasteiger partial charge >= 0.3 is 0 Å². The van der Waals surface area contributed by atoms with Crippen LogP contribution in [0.4, 0.5) is 17.1 Å². The zero-order chi connectivity index (χ0) is 37.0. The molecule has 0 saturated heterocycles. The van der Waals surface area contributed by atoms with Gasteiger partial charge in [-0.3, -0.25) is 0 Å². The number of para-hydroxylation sites is 3. The van der Waals surface area contributed by atoms with Gasteiger partial charge in [0.25, 0.3) is 0 Å². The number of nitrogens with zero attached hydrogens (tertiary/aromatic N) is 5. The van der Waals surface area contributed by atoms with Crippen LogP contribution in [-0.4, -0.2) is 19.5 Å². The molecule has 0 atom stereocenters. The van der Waals surface area contributed by atoms with Crippen molar-refractivity contribution >= 4 is 38.9 Å². The zero-order valence-corrected chi connectivity index (χ0v) is 30.3. The van der Waals surface area contributed by atoms with Crippen molar-refractivity contribution < 1.29 is 0 Å². The molecule has 0 spiro atoms. The summed E-state index contributed by atoms with van der Waals surface area (Å²) < 4.78 is 2.43. The largest absolute Gasteiger partial charge is 0.307 e. The minimum Gasteiger partial charge on any atom is -0.307 e. The third-order valence-corrected chi connectivity index (χ3v) is 10.8. The Kier molecular flexibility index (Phi) is 7.42. The molecule has 0 unspecified atom stereocenters. The fourth-order valence-corrected chi connectivity index (χ4v) is 8.26. The first-order chi connectivity index (χ1) is 27.8. The highest BCUT2D eigenvalue weighted by Crippen LogP contribution is 2.54. The van der Waals surface area contributed by atoms with Crippen LogP contribution in [0.25, 0.3) is 83.9 Å². The SMILES string of the molecule is c1ccc(-c2nc(-c3ccccc3)nc(-c3ccc(-n4c5ccccc5c5ccc6c(c54)N(c4ccccc4)c4ccccc4-c4ccccc4-6)cc3)n2)cc1. The molecule has 11 rings (SSSR count). The topological polar surface area (TPSA) is 46.8 Å². The molecule has 10 aromatic rings. The van der Waals surface area contributed by atoms with Crippen molar-refractivity contribution in [2.45, 2.75) is 0 Å². The van der Waals surface area contributed by atoms with Gasteiger partial charge in [-0.2, -0.15) is 0 Å². The zero-order valence-electron chi connectivity index (χ0n) is 30.3. The van der Waals surface area contributed by atoms with E-state index < -0.39 is 0 Å². The van der Waals surface area contributed by atoms with Gasteiger partial charge in [0.05, 0.1) is 22.4 Å². The Morgan fingerprint density at radius 2 is 0.821 bits per heavy atom. The van der Waals surface area contributed by atoms with E-state index in [9.17, 15) is 0 Å². The van der Waals surface area contributed by atoms with E-state index in [-0.39, 0.29) is 0 Å². The molecular formula is C51H33N5. The van der Waals surface area contributed by atoms with E-state index in [4.69, 9.17) is 15.0 Å². The molecule has 1 aliphatic heterocycles. The molecule has 56 heavy (non-hydrogen) atoms. The normalized spacial score (nSPS) is 11.9. The first-order valence-electron chi connectivity index (χ1n) is 18.9. The second-order valence-electron chi connectivity index (χ2n) is 14.0. The van der Waals surface area contributed by atoms with Crippen LogP contribution in [0, 0.1) is 0 Å². The minimum absolute atomic E-state index is 0.629. The predicted octanol–water partition coefficient (Wildman–Crippen LogP) is 13.1. The molecule has 1 aliphatic rings. The molecule has 0 fully saturated rings. The highest BCUT2D eigenvalue weighted by Gasteiger charge is 2.30. The van der Waals surface area contributed by atoms with E-state index in [0.29, 0.717) is 17.5 Å². The van der Waals surface area contributed by atoms with Crippen LogP contribution in [0.1, 0.15) is 0 Å². The molecule has 262 valence electrons. The summed E-state index contributed by atoms with van der Waals surface area (Å²) in [5.41, 5.74) is 14.3. The molecule has 0 N–H and O–H groups in total. The lowest BCUT2D eigenvalue weighted by molar-refractivity contribution is 1.07. The molecule has 3 heterocycles. The fraction of sp³-hybridized carbons (Fsp3) is 0. The van der Waals surface area contributed by atoms with Crippen molar-refractivity contribution in [2.75, 3.05) is 4.90 Å². The maximum absolute atomic E-state index is 5.01. The first-order valence-corrected chi connectivity index (χ1v) is 18.9. The van der Waals surface area contributed by atoms with Crippen LogP contribution >= 0.6 is 0 Å². The molecule has 0 amide bonds. The van der Waals surface area contributed by atoms with Gasteiger partial charge in [-0.15, -0.1) is 0 Å². The molecule has 2 aromatic heterocycles. The summed E-state index contributed by atoms with van der Waals surface area (Å²) >= 11 is 0. The second-order valence-corrected chi connectivity index (χ2v) is 14.0. The van der Waals surface area contributed by atoms with Crippen LogP contribution in [0.3, 0.4) is 0 Å². The van der Waals surface area contributed by atoms with E-state index in [1.807, 2.05) is 60.7 Å². The maximum Gasteiger partial charge on any atom is 0.164 e. The van der Waals surface area contributed by atoms with Crippen molar-refractivity contribution in [3.05, 3.63) is 200 Å². The third kappa shape index (κ3) is 5.13. The van der Waals surface area contributed by atoms with E-state index >= 15 is 0 Å². The lowest BCUT2D eigenvalue weighted by Crippen LogP contribution is -2.12. The Hall–Kier alpha value is -7.63. The summed E-state index contributed by atoms with van der Waals surface area (Å²) in [6.07, 6.45) is 0. The average Bonchev–Trinajstić information content (AvgIpc) is 3.56. The second kappa shape index (κ2) is 13.0. The van der Waals surface area contributed by atoms with Crippen LogP contribution < -0.4 is 4.90 Å². The summed E-state index contributed by atoms with van der Waals surface area (Å²) in [7, 11) is 0. The number of rotatable bonds is 5. The molecule has 0 radical (unpaired) electrons. The molecule has 5 heteroatoms. The van der Waals surface area contributed by atoms with E-state index in [2.05, 4.69) is 149 Å². The summed E-state index contributed by atoms with van der Waals surface area (Å²) in [6, 6.07) is 70.5. The van der Waals surface area contributed by atoms with E-state index in [1.165, 1.54) is 33.0 Å². The van der Waals surface area contributed by atoms with Gasteiger partial charge in [-0.25, -0.2) is 15.0 Å². The standard InChI is InChI=1S/C51H33N5/c1-4-16-34(17-5-1)49-52-50(35-18-6-2-7-19-35)54-51(53-49)36-28-30-38(31-29-36)56-46-27-15-13-25-42(46)44-33-32-43-40-23-11-10-22-39(40)41-24-12-14-26-45(41)55(47(43)48(44)56)37-20-8-3-9-21-37/h1-33H. The third-order valence-electron chi connectivity index (χ3n) is 10.8. The highest BCUT2D eigenvalue weighted by molar-refractivity contribution is 6.19. The summed E-state index contributed by atoms with van der Waals surface area (Å²) in [5, 5.41) is 2.39. The van der Waals surface area contributed by atoms with Gasteiger partial charge in [-0.1, -0.05) is 152 Å². The van der Waals surface area contributed by atoms with E-state index in [1.54, 1.807) is 0 Å². The first kappa shape index (κ1) is 31.9. The molecule has 0 saturated carbocycles. The fourth-order valence-electron chi connectivity index (χ4n) is 8.26. The average molecular weight is 716 g/mol. The van der Waals surface area contributed by atoms with Gasteiger partial charge in [0, 0.05) is 50.0 Å². The quantitative estimate of drug-likeness (QED) is 0.178. The number of anilines is 3. The molecule has 8 aromatic carbocycles. The molecule has 0 aliphatic carbocycles. The van der Waals surface area contributed by atoms with Crippen molar-refractivity contribution in [3.63, 3.8) is 0 Å². The summed E-state index contributed by atoms with van der Waals surface area (Å²) in [6.45, 7) is 0. The van der Waals surface area contributed by atoms with Gasteiger partial charge < -0.3 is 9.47 Å². The predicted molar refractivity (Wildman–Crippen MR) is 230 cm³/mol. The lowest BCUT2D eigenvalue weighted by atomic mass is 9.94. The smallest absolute Gasteiger partial charge is 0.164 e. The van der Waals surface area contributed by atoms with Crippen LogP contribution in [0.2, 0.25) is 0 Å². The van der Waals surface area contributed by atoms with Crippen molar-refractivity contribution in [1.82, 2.24) is 19.5 Å². The van der Waals surface area contributed by atoms with Gasteiger partial charge in [-0.05, 0) is 59.7 Å². The Morgan fingerprint density at radius 3 is 1.46 bits per heavy atom. The number of benzene rings is 8. The molecule has 0 bridgehead atoms.